The summed E-state index contributed by atoms with van der Waals surface area (Å²) in [4.78, 5) is 16.2. The van der Waals surface area contributed by atoms with Gasteiger partial charge in [0.2, 0.25) is 0 Å². The molecule has 2 rings (SSSR count). The fraction of sp³-hybridized carbons (Fsp3) is 0.333. The van der Waals surface area contributed by atoms with Gasteiger partial charge in [0.05, 0.1) is 6.10 Å². The molecule has 2 aromatic rings. The molecular weight excluding hydrogens is 286 g/mol. The monoisotopic (exact) mass is 305 g/mol. The zero-order valence-corrected chi connectivity index (χ0v) is 12.9. The van der Waals surface area contributed by atoms with E-state index in [4.69, 9.17) is 10.5 Å². The van der Waals surface area contributed by atoms with Crippen molar-refractivity contribution in [3.05, 3.63) is 40.3 Å². The Hall–Kier alpha value is -1.92. The molecule has 1 heterocycles. The van der Waals surface area contributed by atoms with Crippen molar-refractivity contribution in [1.82, 2.24) is 4.98 Å². The van der Waals surface area contributed by atoms with Crippen molar-refractivity contribution in [2.75, 3.05) is 5.32 Å². The van der Waals surface area contributed by atoms with Crippen LogP contribution in [0.5, 0.6) is 5.75 Å². The highest BCUT2D eigenvalue weighted by Crippen LogP contribution is 2.20. The lowest BCUT2D eigenvalue weighted by molar-refractivity contribution is 0.102. The van der Waals surface area contributed by atoms with Crippen LogP contribution >= 0.6 is 11.3 Å². The maximum Gasteiger partial charge on any atom is 0.275 e. The van der Waals surface area contributed by atoms with E-state index in [1.807, 2.05) is 25.1 Å². The van der Waals surface area contributed by atoms with Gasteiger partial charge < -0.3 is 15.8 Å². The summed E-state index contributed by atoms with van der Waals surface area (Å²) in [5.41, 5.74) is 6.56. The molecule has 0 saturated carbocycles. The molecule has 1 amide bonds. The summed E-state index contributed by atoms with van der Waals surface area (Å²) in [6, 6.07) is 7.34. The van der Waals surface area contributed by atoms with Gasteiger partial charge in [-0.05, 0) is 25.5 Å². The fourth-order valence-electron chi connectivity index (χ4n) is 1.67. The molecule has 0 aliphatic rings. The number of aromatic nitrogens is 1. The van der Waals surface area contributed by atoms with Crippen LogP contribution < -0.4 is 15.8 Å². The van der Waals surface area contributed by atoms with Crippen LogP contribution in [0.1, 0.15) is 35.8 Å². The molecule has 0 fully saturated rings. The average Bonchev–Trinajstić information content (AvgIpc) is 2.96. The molecule has 112 valence electrons. The van der Waals surface area contributed by atoms with Gasteiger partial charge >= 0.3 is 0 Å². The number of thiazole rings is 1. The van der Waals surface area contributed by atoms with Gasteiger partial charge in [-0.1, -0.05) is 13.0 Å². The van der Waals surface area contributed by atoms with Crippen molar-refractivity contribution in [3.63, 3.8) is 0 Å². The normalized spacial score (nSPS) is 12.0. The minimum absolute atomic E-state index is 0.140. The van der Waals surface area contributed by atoms with Crippen LogP contribution in [0.4, 0.5) is 5.69 Å². The van der Waals surface area contributed by atoms with Gasteiger partial charge in [-0.25, -0.2) is 4.98 Å². The Bertz CT molecular complexity index is 612. The molecule has 0 radical (unpaired) electrons. The smallest absolute Gasteiger partial charge is 0.275 e. The first-order valence-corrected chi connectivity index (χ1v) is 7.73. The zero-order chi connectivity index (χ0) is 15.2. The second kappa shape index (κ2) is 7.19. The van der Waals surface area contributed by atoms with Gasteiger partial charge in [0, 0.05) is 23.7 Å². The van der Waals surface area contributed by atoms with Crippen molar-refractivity contribution in [2.24, 2.45) is 5.73 Å². The molecular formula is C15H19N3O2S. The van der Waals surface area contributed by atoms with E-state index in [0.29, 0.717) is 17.9 Å². The number of hydrogen-bond acceptors (Lipinski definition) is 5. The molecule has 1 aromatic heterocycles. The quantitative estimate of drug-likeness (QED) is 0.860. The van der Waals surface area contributed by atoms with E-state index in [0.717, 1.165) is 17.2 Å². The number of ether oxygens (including phenoxy) is 1. The summed E-state index contributed by atoms with van der Waals surface area (Å²) in [6.07, 6.45) is 1.07. The summed E-state index contributed by atoms with van der Waals surface area (Å²) in [6.45, 7) is 4.42. The summed E-state index contributed by atoms with van der Waals surface area (Å²) in [7, 11) is 0. The molecule has 6 heteroatoms. The molecule has 0 bridgehead atoms. The fourth-order valence-corrected chi connectivity index (χ4v) is 2.32. The van der Waals surface area contributed by atoms with Crippen molar-refractivity contribution in [2.45, 2.75) is 32.9 Å². The summed E-state index contributed by atoms with van der Waals surface area (Å²) >= 11 is 1.38. The van der Waals surface area contributed by atoms with E-state index in [-0.39, 0.29) is 12.0 Å². The van der Waals surface area contributed by atoms with Crippen LogP contribution in [-0.2, 0) is 6.54 Å². The molecule has 3 N–H and O–H groups in total. The predicted molar refractivity (Wildman–Crippen MR) is 84.8 cm³/mol. The van der Waals surface area contributed by atoms with Gasteiger partial charge in [0.15, 0.2) is 0 Å². The Labute approximate surface area is 128 Å². The van der Waals surface area contributed by atoms with Gasteiger partial charge in [0.25, 0.3) is 5.91 Å². The Balaban J connectivity index is 2.05. The number of amides is 1. The number of benzene rings is 1. The van der Waals surface area contributed by atoms with Gasteiger partial charge in [0.1, 0.15) is 16.5 Å². The van der Waals surface area contributed by atoms with E-state index in [2.05, 4.69) is 17.2 Å². The molecule has 1 atom stereocenters. The van der Waals surface area contributed by atoms with Crippen molar-refractivity contribution in [3.8, 4) is 5.75 Å². The van der Waals surface area contributed by atoms with Gasteiger partial charge in [-0.3, -0.25) is 4.79 Å². The van der Waals surface area contributed by atoms with Crippen LogP contribution in [0.3, 0.4) is 0 Å². The predicted octanol–water partition coefficient (Wildman–Crippen LogP) is 3.03. The van der Waals surface area contributed by atoms with Crippen LogP contribution in [0, 0.1) is 0 Å². The molecule has 0 aliphatic heterocycles. The van der Waals surface area contributed by atoms with Crippen molar-refractivity contribution < 1.29 is 9.53 Å². The first-order valence-electron chi connectivity index (χ1n) is 6.85. The molecule has 1 aromatic carbocycles. The van der Waals surface area contributed by atoms with Crippen molar-refractivity contribution in [1.29, 1.82) is 0 Å². The molecule has 21 heavy (non-hydrogen) atoms. The first-order chi connectivity index (χ1) is 10.1. The molecule has 5 nitrogen and oxygen atoms in total. The molecule has 0 spiro atoms. The highest BCUT2D eigenvalue weighted by atomic mass is 32.1. The second-order valence-corrected chi connectivity index (χ2v) is 5.59. The lowest BCUT2D eigenvalue weighted by Gasteiger charge is -2.13. The van der Waals surface area contributed by atoms with E-state index in [1.54, 1.807) is 11.4 Å². The first kappa shape index (κ1) is 15.5. The lowest BCUT2D eigenvalue weighted by atomic mass is 10.2. The Morgan fingerprint density at radius 3 is 3.00 bits per heavy atom. The highest BCUT2D eigenvalue weighted by molar-refractivity contribution is 7.09. The van der Waals surface area contributed by atoms with E-state index in [9.17, 15) is 4.79 Å². The summed E-state index contributed by atoms with van der Waals surface area (Å²) < 4.78 is 5.73. The number of hydrogen-bond donors (Lipinski definition) is 2. The number of carbonyl (C=O) groups excluding carboxylic acids is 1. The van der Waals surface area contributed by atoms with E-state index >= 15 is 0 Å². The van der Waals surface area contributed by atoms with E-state index < -0.39 is 0 Å². The zero-order valence-electron chi connectivity index (χ0n) is 12.1. The number of nitrogens with two attached hydrogens (primary N) is 1. The number of nitrogens with one attached hydrogen (secondary N) is 1. The molecule has 0 aliphatic carbocycles. The van der Waals surface area contributed by atoms with Crippen LogP contribution in [0.15, 0.2) is 29.6 Å². The number of anilines is 1. The average molecular weight is 305 g/mol. The number of carbonyl (C=O) groups is 1. The third-order valence-corrected chi connectivity index (χ3v) is 3.83. The van der Waals surface area contributed by atoms with E-state index in [1.165, 1.54) is 11.3 Å². The third kappa shape index (κ3) is 4.27. The van der Waals surface area contributed by atoms with Crippen LogP contribution in [0.25, 0.3) is 0 Å². The van der Waals surface area contributed by atoms with Crippen molar-refractivity contribution >= 4 is 22.9 Å². The third-order valence-electron chi connectivity index (χ3n) is 2.96. The second-order valence-electron chi connectivity index (χ2n) is 4.65. The standard InChI is InChI=1S/C15H19N3O2S/c1-3-10(2)20-12-6-4-5-11(7-12)17-15(19)13-9-21-14(8-16)18-13/h4-7,9-10H,3,8,16H2,1-2H3,(H,17,19). The largest absolute Gasteiger partial charge is 0.491 e. The molecule has 0 saturated heterocycles. The lowest BCUT2D eigenvalue weighted by Crippen LogP contribution is -2.13. The SMILES string of the molecule is CCC(C)Oc1cccc(NC(=O)c2csc(CN)n2)c1. The van der Waals surface area contributed by atoms with Crippen LogP contribution in [0.2, 0.25) is 0 Å². The summed E-state index contributed by atoms with van der Waals surface area (Å²) in [5, 5.41) is 5.26. The maximum atomic E-state index is 12.1. The van der Waals surface area contributed by atoms with Gasteiger partial charge in [-0.15, -0.1) is 11.3 Å². The highest BCUT2D eigenvalue weighted by Gasteiger charge is 2.11. The Morgan fingerprint density at radius 2 is 2.33 bits per heavy atom. The van der Waals surface area contributed by atoms with Crippen LogP contribution in [-0.4, -0.2) is 17.0 Å². The summed E-state index contributed by atoms with van der Waals surface area (Å²) in [5.74, 6) is 0.495. The maximum absolute atomic E-state index is 12.1. The number of nitrogens with zero attached hydrogens (tertiary/aromatic N) is 1. The topological polar surface area (TPSA) is 77.2 Å². The Morgan fingerprint density at radius 1 is 1.52 bits per heavy atom. The minimum atomic E-state index is -0.244. The number of rotatable bonds is 6. The molecule has 1 unspecified atom stereocenters. The minimum Gasteiger partial charge on any atom is -0.491 e. The Kier molecular flexibility index (Phi) is 5.30. The van der Waals surface area contributed by atoms with Gasteiger partial charge in [-0.2, -0.15) is 0 Å².